The standard InChI is InChI=1S/C18H18N2O3/c21-16(10-11-20-17(22)8-9-18(20)23)19-12-14-6-3-5-13-4-1-2-7-15(13)14/h1-7H,8-12H2,(H,19,21). The third kappa shape index (κ3) is 3.39. The first kappa shape index (κ1) is 15.2. The van der Waals surface area contributed by atoms with Gasteiger partial charge in [-0.3, -0.25) is 19.3 Å². The number of fused-ring (bicyclic) bond motifs is 1. The zero-order chi connectivity index (χ0) is 16.2. The van der Waals surface area contributed by atoms with Gasteiger partial charge >= 0.3 is 0 Å². The van der Waals surface area contributed by atoms with Crippen molar-refractivity contribution >= 4 is 28.5 Å². The number of hydrogen-bond donors (Lipinski definition) is 1. The lowest BCUT2D eigenvalue weighted by Crippen LogP contribution is -2.34. The van der Waals surface area contributed by atoms with Gasteiger partial charge in [-0.25, -0.2) is 0 Å². The Bertz CT molecular complexity index is 748. The van der Waals surface area contributed by atoms with Crippen molar-refractivity contribution < 1.29 is 14.4 Å². The number of likely N-dealkylation sites (tertiary alicyclic amines) is 1. The number of rotatable bonds is 5. The highest BCUT2D eigenvalue weighted by Crippen LogP contribution is 2.18. The SMILES string of the molecule is O=C(CCN1C(=O)CCC1=O)NCc1cccc2ccccc12. The molecule has 0 radical (unpaired) electrons. The number of hydrogen-bond acceptors (Lipinski definition) is 3. The van der Waals surface area contributed by atoms with Gasteiger partial charge in [-0.05, 0) is 16.3 Å². The molecule has 1 saturated heterocycles. The molecule has 2 aromatic rings. The van der Waals surface area contributed by atoms with E-state index in [1.165, 1.54) is 4.90 Å². The second kappa shape index (κ2) is 6.60. The van der Waals surface area contributed by atoms with Gasteiger partial charge in [-0.1, -0.05) is 42.5 Å². The van der Waals surface area contributed by atoms with Crippen molar-refractivity contribution in [1.29, 1.82) is 0 Å². The maximum atomic E-state index is 12.0. The van der Waals surface area contributed by atoms with E-state index in [9.17, 15) is 14.4 Å². The Hall–Kier alpha value is -2.69. The maximum absolute atomic E-state index is 12.0. The molecule has 0 spiro atoms. The van der Waals surface area contributed by atoms with E-state index in [4.69, 9.17) is 0 Å². The first-order valence-corrected chi connectivity index (χ1v) is 7.71. The molecule has 5 nitrogen and oxygen atoms in total. The van der Waals surface area contributed by atoms with E-state index in [1.807, 2.05) is 42.5 Å². The summed E-state index contributed by atoms with van der Waals surface area (Å²) in [5.74, 6) is -0.529. The molecule has 3 amide bonds. The summed E-state index contributed by atoms with van der Waals surface area (Å²) >= 11 is 0. The van der Waals surface area contributed by atoms with Crippen LogP contribution in [0.1, 0.15) is 24.8 Å². The van der Waals surface area contributed by atoms with Gasteiger partial charge in [-0.2, -0.15) is 0 Å². The fourth-order valence-corrected chi connectivity index (χ4v) is 2.81. The van der Waals surface area contributed by atoms with E-state index in [1.54, 1.807) is 0 Å². The molecule has 0 unspecified atom stereocenters. The third-order valence-electron chi connectivity index (χ3n) is 4.07. The van der Waals surface area contributed by atoms with Crippen LogP contribution in [0.4, 0.5) is 0 Å². The van der Waals surface area contributed by atoms with Gasteiger partial charge < -0.3 is 5.32 Å². The Morgan fingerprint density at radius 1 is 1.00 bits per heavy atom. The minimum absolute atomic E-state index is 0.141. The van der Waals surface area contributed by atoms with Crippen molar-refractivity contribution in [3.8, 4) is 0 Å². The van der Waals surface area contributed by atoms with Crippen molar-refractivity contribution in [2.75, 3.05) is 6.54 Å². The van der Waals surface area contributed by atoms with Crippen LogP contribution >= 0.6 is 0 Å². The second-order valence-corrected chi connectivity index (χ2v) is 5.60. The van der Waals surface area contributed by atoms with Crippen molar-refractivity contribution in [1.82, 2.24) is 10.2 Å². The van der Waals surface area contributed by atoms with E-state index in [0.717, 1.165) is 16.3 Å². The van der Waals surface area contributed by atoms with Crippen molar-refractivity contribution in [3.05, 3.63) is 48.0 Å². The smallest absolute Gasteiger partial charge is 0.229 e. The maximum Gasteiger partial charge on any atom is 0.229 e. The van der Waals surface area contributed by atoms with Crippen LogP contribution in [0.3, 0.4) is 0 Å². The number of imide groups is 1. The second-order valence-electron chi connectivity index (χ2n) is 5.60. The molecular formula is C18H18N2O3. The van der Waals surface area contributed by atoms with Crippen LogP contribution in [0.15, 0.2) is 42.5 Å². The van der Waals surface area contributed by atoms with Gasteiger partial charge in [0.05, 0.1) is 0 Å². The van der Waals surface area contributed by atoms with E-state index in [-0.39, 0.29) is 43.5 Å². The van der Waals surface area contributed by atoms with Crippen molar-refractivity contribution in [2.45, 2.75) is 25.8 Å². The monoisotopic (exact) mass is 310 g/mol. The first-order chi connectivity index (χ1) is 11.1. The molecule has 23 heavy (non-hydrogen) atoms. The molecule has 1 heterocycles. The van der Waals surface area contributed by atoms with Crippen LogP contribution in [-0.2, 0) is 20.9 Å². The summed E-state index contributed by atoms with van der Waals surface area (Å²) in [4.78, 5) is 36.1. The molecule has 2 aromatic carbocycles. The minimum atomic E-state index is -0.183. The molecule has 0 aliphatic carbocycles. The van der Waals surface area contributed by atoms with E-state index >= 15 is 0 Å². The Balaban J connectivity index is 1.56. The van der Waals surface area contributed by atoms with Gasteiger partial charge in [-0.15, -0.1) is 0 Å². The summed E-state index contributed by atoms with van der Waals surface area (Å²) in [6.45, 7) is 0.598. The zero-order valence-corrected chi connectivity index (χ0v) is 12.7. The highest BCUT2D eigenvalue weighted by atomic mass is 16.2. The van der Waals surface area contributed by atoms with Gasteiger partial charge in [0.2, 0.25) is 17.7 Å². The highest BCUT2D eigenvalue weighted by Gasteiger charge is 2.28. The number of benzene rings is 2. The predicted molar refractivity (Wildman–Crippen MR) is 86.4 cm³/mol. The first-order valence-electron chi connectivity index (χ1n) is 7.71. The third-order valence-corrected chi connectivity index (χ3v) is 4.07. The van der Waals surface area contributed by atoms with Gasteiger partial charge in [0.1, 0.15) is 0 Å². The van der Waals surface area contributed by atoms with Crippen LogP contribution in [0.25, 0.3) is 10.8 Å². The summed E-state index contributed by atoms with van der Waals surface area (Å²) in [7, 11) is 0. The van der Waals surface area contributed by atoms with E-state index in [0.29, 0.717) is 6.54 Å². The number of amides is 3. The van der Waals surface area contributed by atoms with Gasteiger partial charge in [0.15, 0.2) is 0 Å². The topological polar surface area (TPSA) is 66.5 Å². The lowest BCUT2D eigenvalue weighted by atomic mass is 10.0. The largest absolute Gasteiger partial charge is 0.352 e. The quantitative estimate of drug-likeness (QED) is 0.859. The molecule has 118 valence electrons. The van der Waals surface area contributed by atoms with Crippen LogP contribution in [0.2, 0.25) is 0 Å². The molecule has 0 saturated carbocycles. The fourth-order valence-electron chi connectivity index (χ4n) is 2.81. The lowest BCUT2D eigenvalue weighted by Gasteiger charge is -2.13. The van der Waals surface area contributed by atoms with E-state index < -0.39 is 0 Å². The van der Waals surface area contributed by atoms with Gasteiger partial charge in [0, 0.05) is 32.4 Å². The Morgan fingerprint density at radius 3 is 2.48 bits per heavy atom. The fraction of sp³-hybridized carbons (Fsp3) is 0.278. The average Bonchev–Trinajstić information content (AvgIpc) is 2.89. The van der Waals surface area contributed by atoms with Crippen molar-refractivity contribution in [2.24, 2.45) is 0 Å². The molecule has 1 fully saturated rings. The number of carbonyl (C=O) groups excluding carboxylic acids is 3. The van der Waals surface area contributed by atoms with Crippen LogP contribution in [0.5, 0.6) is 0 Å². The van der Waals surface area contributed by atoms with Crippen molar-refractivity contribution in [3.63, 3.8) is 0 Å². The number of nitrogens with zero attached hydrogens (tertiary/aromatic N) is 1. The molecule has 5 heteroatoms. The Kier molecular flexibility index (Phi) is 4.37. The molecule has 3 rings (SSSR count). The average molecular weight is 310 g/mol. The Labute approximate surface area is 134 Å². The van der Waals surface area contributed by atoms with Gasteiger partial charge in [0.25, 0.3) is 0 Å². The lowest BCUT2D eigenvalue weighted by molar-refractivity contribution is -0.138. The Morgan fingerprint density at radius 2 is 1.70 bits per heavy atom. The normalized spacial score (nSPS) is 14.5. The predicted octanol–water partition coefficient (Wildman–Crippen LogP) is 2.00. The van der Waals surface area contributed by atoms with Crippen LogP contribution < -0.4 is 5.32 Å². The molecule has 0 atom stereocenters. The minimum Gasteiger partial charge on any atom is -0.352 e. The zero-order valence-electron chi connectivity index (χ0n) is 12.7. The number of nitrogens with one attached hydrogen (secondary N) is 1. The van der Waals surface area contributed by atoms with Crippen LogP contribution in [-0.4, -0.2) is 29.2 Å². The summed E-state index contributed by atoms with van der Waals surface area (Å²) in [6.07, 6.45) is 0.662. The summed E-state index contributed by atoms with van der Waals surface area (Å²) < 4.78 is 0. The molecular weight excluding hydrogens is 292 g/mol. The molecule has 1 aliphatic rings. The summed E-state index contributed by atoms with van der Waals surface area (Å²) in [5.41, 5.74) is 1.05. The van der Waals surface area contributed by atoms with Crippen LogP contribution in [0, 0.1) is 0 Å². The highest BCUT2D eigenvalue weighted by molar-refractivity contribution is 6.02. The molecule has 0 aromatic heterocycles. The summed E-state index contributed by atoms with van der Waals surface area (Å²) in [6, 6.07) is 14.0. The molecule has 1 aliphatic heterocycles. The number of carbonyl (C=O) groups is 3. The molecule has 0 bridgehead atoms. The molecule has 1 N–H and O–H groups in total. The summed E-state index contributed by atoms with van der Waals surface area (Å²) in [5, 5.41) is 5.10. The van der Waals surface area contributed by atoms with E-state index in [2.05, 4.69) is 5.32 Å².